The minimum Gasteiger partial charge on any atom is -0.207 e. The highest BCUT2D eigenvalue weighted by Gasteiger charge is 2.16. The summed E-state index contributed by atoms with van der Waals surface area (Å²) in [4.78, 5) is 0.0249. The van der Waals surface area contributed by atoms with Gasteiger partial charge in [-0.25, -0.2) is 4.39 Å². The zero-order chi connectivity index (χ0) is 13.3. The monoisotopic (exact) mass is 546 g/mol. The summed E-state index contributed by atoms with van der Waals surface area (Å²) in [5.74, 6) is -0.212. The molecule has 0 amide bonds. The highest BCUT2D eigenvalue weighted by Crippen LogP contribution is 2.38. The molecule has 0 spiro atoms. The smallest absolute Gasteiger partial charge is 0.124 e. The SMILES string of the molecule is Fc1ccc(C(Br)c2cc(Br)ccc2Br)c(I)c1. The molecule has 94 valence electrons. The predicted octanol–water partition coefficient (Wildman–Crippen LogP) is 6.44. The minimum atomic E-state index is -0.212. The van der Waals surface area contributed by atoms with E-state index in [9.17, 15) is 4.39 Å². The lowest BCUT2D eigenvalue weighted by Crippen LogP contribution is -1.97. The first-order chi connectivity index (χ1) is 8.49. The van der Waals surface area contributed by atoms with Crippen molar-refractivity contribution in [2.24, 2.45) is 0 Å². The van der Waals surface area contributed by atoms with E-state index in [0.717, 1.165) is 23.6 Å². The van der Waals surface area contributed by atoms with Crippen LogP contribution in [0.1, 0.15) is 16.0 Å². The van der Waals surface area contributed by atoms with E-state index in [1.807, 2.05) is 24.3 Å². The van der Waals surface area contributed by atoms with Crippen molar-refractivity contribution in [3.63, 3.8) is 0 Å². The maximum Gasteiger partial charge on any atom is 0.124 e. The molecule has 1 unspecified atom stereocenters. The highest BCUT2D eigenvalue weighted by molar-refractivity contribution is 14.1. The van der Waals surface area contributed by atoms with Gasteiger partial charge in [-0.05, 0) is 64.0 Å². The fraction of sp³-hybridized carbons (Fsp3) is 0.0769. The molecule has 0 heterocycles. The summed E-state index contributed by atoms with van der Waals surface area (Å²) >= 11 is 12.8. The van der Waals surface area contributed by atoms with Crippen LogP contribution < -0.4 is 0 Å². The first kappa shape index (κ1) is 14.9. The largest absolute Gasteiger partial charge is 0.207 e. The first-order valence-electron chi connectivity index (χ1n) is 5.03. The van der Waals surface area contributed by atoms with E-state index in [0.29, 0.717) is 0 Å². The Balaban J connectivity index is 2.47. The van der Waals surface area contributed by atoms with Crippen LogP contribution in [0.25, 0.3) is 0 Å². The molecule has 0 N–H and O–H groups in total. The molecule has 0 aliphatic carbocycles. The van der Waals surface area contributed by atoms with E-state index in [1.54, 1.807) is 0 Å². The Bertz CT molecular complexity index is 586. The summed E-state index contributed by atoms with van der Waals surface area (Å²) < 4.78 is 16.1. The molecule has 0 nitrogen and oxygen atoms in total. The van der Waals surface area contributed by atoms with Gasteiger partial charge in [0.25, 0.3) is 0 Å². The maximum atomic E-state index is 13.1. The maximum absolute atomic E-state index is 13.1. The molecule has 2 rings (SSSR count). The lowest BCUT2D eigenvalue weighted by Gasteiger charge is -2.15. The van der Waals surface area contributed by atoms with Gasteiger partial charge in [-0.2, -0.15) is 0 Å². The molecule has 0 saturated heterocycles. The Morgan fingerprint density at radius 2 is 1.72 bits per heavy atom. The number of benzene rings is 2. The van der Waals surface area contributed by atoms with Gasteiger partial charge in [0.1, 0.15) is 5.82 Å². The summed E-state index contributed by atoms with van der Waals surface area (Å²) in [6.45, 7) is 0. The van der Waals surface area contributed by atoms with Gasteiger partial charge < -0.3 is 0 Å². The van der Waals surface area contributed by atoms with Crippen molar-refractivity contribution in [3.8, 4) is 0 Å². The van der Waals surface area contributed by atoms with Crippen molar-refractivity contribution in [1.29, 1.82) is 0 Å². The van der Waals surface area contributed by atoms with Crippen LogP contribution >= 0.6 is 70.4 Å². The highest BCUT2D eigenvalue weighted by atomic mass is 127. The van der Waals surface area contributed by atoms with Gasteiger partial charge in [-0.15, -0.1) is 0 Å². The lowest BCUT2D eigenvalue weighted by molar-refractivity contribution is 0.626. The van der Waals surface area contributed by atoms with Gasteiger partial charge in [0.2, 0.25) is 0 Å². The van der Waals surface area contributed by atoms with Crippen molar-refractivity contribution in [2.45, 2.75) is 4.83 Å². The van der Waals surface area contributed by atoms with Gasteiger partial charge in [0.05, 0.1) is 4.83 Å². The summed E-state index contributed by atoms with van der Waals surface area (Å²) in [6.07, 6.45) is 0. The third-order valence-electron chi connectivity index (χ3n) is 2.47. The standard InChI is InChI=1S/C13H7Br3FI/c14-7-1-4-11(15)10(5-7)13(16)9-3-2-8(17)6-12(9)18/h1-6,13H. The second-order valence-corrected chi connectivity index (χ2v) is 7.54. The molecule has 2 aromatic rings. The van der Waals surface area contributed by atoms with Crippen LogP contribution in [0.15, 0.2) is 45.3 Å². The average molecular weight is 549 g/mol. The number of rotatable bonds is 2. The second-order valence-electron chi connectivity index (χ2n) is 3.69. The Hall–Kier alpha value is 0.540. The van der Waals surface area contributed by atoms with Gasteiger partial charge in [0, 0.05) is 12.5 Å². The molecule has 0 aliphatic heterocycles. The van der Waals surface area contributed by atoms with E-state index < -0.39 is 0 Å². The van der Waals surface area contributed by atoms with Crippen LogP contribution in [0.4, 0.5) is 4.39 Å². The van der Waals surface area contributed by atoms with Gasteiger partial charge in [0.15, 0.2) is 0 Å². The van der Waals surface area contributed by atoms with Crippen molar-refractivity contribution < 1.29 is 4.39 Å². The lowest BCUT2D eigenvalue weighted by atomic mass is 10.1. The topological polar surface area (TPSA) is 0 Å². The zero-order valence-corrected chi connectivity index (χ0v) is 15.8. The van der Waals surface area contributed by atoms with Crippen molar-refractivity contribution in [3.05, 3.63) is 65.9 Å². The third kappa shape index (κ3) is 3.35. The molecule has 0 radical (unpaired) electrons. The normalized spacial score (nSPS) is 12.5. The van der Waals surface area contributed by atoms with Crippen molar-refractivity contribution >= 4 is 70.4 Å². The summed E-state index contributed by atoms with van der Waals surface area (Å²) in [5.41, 5.74) is 2.16. The van der Waals surface area contributed by atoms with Crippen LogP contribution in [-0.4, -0.2) is 0 Å². The summed E-state index contributed by atoms with van der Waals surface area (Å²) in [7, 11) is 0. The van der Waals surface area contributed by atoms with E-state index >= 15 is 0 Å². The first-order valence-corrected chi connectivity index (χ1v) is 8.61. The minimum absolute atomic E-state index is 0.0249. The Morgan fingerprint density at radius 1 is 1.00 bits per heavy atom. The van der Waals surface area contributed by atoms with E-state index in [-0.39, 0.29) is 10.6 Å². The average Bonchev–Trinajstić information content (AvgIpc) is 2.31. The molecule has 18 heavy (non-hydrogen) atoms. The summed E-state index contributed by atoms with van der Waals surface area (Å²) in [6, 6.07) is 10.8. The number of hydrogen-bond acceptors (Lipinski definition) is 0. The van der Waals surface area contributed by atoms with Crippen LogP contribution in [0.3, 0.4) is 0 Å². The quantitative estimate of drug-likeness (QED) is 0.299. The van der Waals surface area contributed by atoms with E-state index in [1.165, 1.54) is 12.1 Å². The van der Waals surface area contributed by atoms with Crippen LogP contribution in [0.5, 0.6) is 0 Å². The zero-order valence-electron chi connectivity index (χ0n) is 8.93. The Labute approximate surface area is 144 Å². The number of hydrogen-bond donors (Lipinski definition) is 0. The number of halogens is 5. The molecule has 5 heteroatoms. The third-order valence-corrected chi connectivity index (χ3v) is 5.60. The molecule has 0 aliphatic rings. The molecular formula is C13H7Br3FI. The molecule has 0 saturated carbocycles. The fourth-order valence-corrected chi connectivity index (χ4v) is 4.74. The van der Waals surface area contributed by atoms with Gasteiger partial charge in [-0.3, -0.25) is 0 Å². The Kier molecular flexibility index (Phi) is 5.25. The van der Waals surface area contributed by atoms with Crippen LogP contribution in [0, 0.1) is 9.39 Å². The molecule has 0 bridgehead atoms. The van der Waals surface area contributed by atoms with Crippen LogP contribution in [-0.2, 0) is 0 Å². The van der Waals surface area contributed by atoms with Crippen molar-refractivity contribution in [1.82, 2.24) is 0 Å². The fourth-order valence-electron chi connectivity index (χ4n) is 1.58. The number of alkyl halides is 1. The molecule has 2 aromatic carbocycles. The molecule has 1 atom stereocenters. The molecule has 0 fully saturated rings. The predicted molar refractivity (Wildman–Crippen MR) is 91.7 cm³/mol. The van der Waals surface area contributed by atoms with Gasteiger partial charge >= 0.3 is 0 Å². The van der Waals surface area contributed by atoms with Crippen LogP contribution in [0.2, 0.25) is 0 Å². The molecular weight excluding hydrogens is 542 g/mol. The van der Waals surface area contributed by atoms with E-state index in [4.69, 9.17) is 0 Å². The Morgan fingerprint density at radius 3 is 2.39 bits per heavy atom. The van der Waals surface area contributed by atoms with Gasteiger partial charge in [-0.1, -0.05) is 53.9 Å². The van der Waals surface area contributed by atoms with Crippen molar-refractivity contribution in [2.75, 3.05) is 0 Å². The van der Waals surface area contributed by atoms with E-state index in [2.05, 4.69) is 70.4 Å². The molecule has 0 aromatic heterocycles. The second kappa shape index (κ2) is 6.33. The summed E-state index contributed by atoms with van der Waals surface area (Å²) in [5, 5.41) is 0.